The van der Waals surface area contributed by atoms with E-state index in [0.717, 1.165) is 17.0 Å². The number of ether oxygens (including phenoxy) is 1. The third-order valence-electron chi connectivity index (χ3n) is 4.99. The molecule has 0 radical (unpaired) electrons. The van der Waals surface area contributed by atoms with Crippen LogP contribution in [-0.4, -0.2) is 93.2 Å². The van der Waals surface area contributed by atoms with E-state index in [1.807, 2.05) is 0 Å². The normalized spacial score (nSPS) is 24.4. The van der Waals surface area contributed by atoms with Crippen molar-refractivity contribution in [1.29, 1.82) is 0 Å². The van der Waals surface area contributed by atoms with E-state index in [0.29, 0.717) is 13.0 Å². The highest BCUT2D eigenvalue weighted by molar-refractivity contribution is 7.66. The van der Waals surface area contributed by atoms with Gasteiger partial charge in [0.2, 0.25) is 11.9 Å². The number of aliphatic hydroxyl groups is 2. The highest BCUT2D eigenvalue weighted by Gasteiger charge is 2.47. The first kappa shape index (κ1) is 32.2. The summed E-state index contributed by atoms with van der Waals surface area (Å²) in [7, 11) is -16.9. The average molecular weight is 634 g/mol. The molecule has 3 rings (SSSR count). The third kappa shape index (κ3) is 8.58. The van der Waals surface area contributed by atoms with Gasteiger partial charge in [-0.15, -0.1) is 0 Å². The van der Waals surface area contributed by atoms with Crippen molar-refractivity contribution in [1.82, 2.24) is 24.8 Å². The largest absolute Gasteiger partial charge is 0.490 e. The summed E-state index contributed by atoms with van der Waals surface area (Å²) in [6.45, 7) is 2.88. The molecule has 0 saturated carbocycles. The number of carbonyl (C=O) groups is 1. The fraction of sp³-hybridized carbons (Fsp3) is 0.500. The number of hydrogen-bond acceptors (Lipinski definition) is 14. The molecular weight excluding hydrogens is 609 g/mol. The summed E-state index contributed by atoms with van der Waals surface area (Å²) >= 11 is 0. The van der Waals surface area contributed by atoms with Crippen molar-refractivity contribution in [3.05, 3.63) is 29.3 Å². The Hall–Kier alpha value is -2.35. The fourth-order valence-electron chi connectivity index (χ4n) is 3.34. The molecule has 0 aromatic carbocycles. The predicted octanol–water partition coefficient (Wildman–Crippen LogP) is -1.81. The standard InChI is InChI=1S/C16H25N6O15P3/c1-2-9(23)17-4-3-5-18-16-20-13-10(14(26)21-16)19-7-22(13)15-12(25)11(24)8(35-15)6-34-39(30,31)37-40(32,33)36-38(27,28)29/h2,7-8,11-12,15,24-25H,1,3-6H2,(H,17,23)(H,30,31)(H,32,33)(H2,27,28,29)(H2,18,20,21,26). The zero-order valence-corrected chi connectivity index (χ0v) is 22.7. The van der Waals surface area contributed by atoms with Crippen molar-refractivity contribution in [3.8, 4) is 0 Å². The molecule has 24 heteroatoms. The quantitative estimate of drug-likeness (QED) is 0.0628. The molecule has 0 aliphatic carbocycles. The van der Waals surface area contributed by atoms with E-state index in [-0.39, 0.29) is 29.6 Å². The summed E-state index contributed by atoms with van der Waals surface area (Å²) in [4.78, 5) is 70.1. The first-order valence-corrected chi connectivity index (χ1v) is 15.4. The van der Waals surface area contributed by atoms with Gasteiger partial charge in [0.1, 0.15) is 18.3 Å². The average Bonchev–Trinajstić information content (AvgIpc) is 3.36. The van der Waals surface area contributed by atoms with Gasteiger partial charge in [-0.05, 0) is 12.5 Å². The van der Waals surface area contributed by atoms with Crippen LogP contribution in [0, 0.1) is 0 Å². The van der Waals surface area contributed by atoms with Gasteiger partial charge in [0.15, 0.2) is 17.4 Å². The number of hydrogen-bond donors (Lipinski definition) is 9. The van der Waals surface area contributed by atoms with Gasteiger partial charge in [-0.25, -0.2) is 18.7 Å². The SMILES string of the molecule is C=CC(=O)NCCCNc1nc2c(ncn2C2OC(COP(=O)(O)OP(=O)(O)OP(=O)(O)O)C(O)C2O)c(=O)[nH]1. The number of rotatable bonds is 14. The lowest BCUT2D eigenvalue weighted by Gasteiger charge is -2.19. The summed E-state index contributed by atoms with van der Waals surface area (Å²) in [6.07, 6.45) is -3.87. The van der Waals surface area contributed by atoms with Crippen LogP contribution in [0.2, 0.25) is 0 Å². The molecule has 1 aliphatic heterocycles. The second-order valence-electron chi connectivity index (χ2n) is 7.95. The van der Waals surface area contributed by atoms with E-state index < -0.39 is 60.2 Å². The monoisotopic (exact) mass is 634 g/mol. The van der Waals surface area contributed by atoms with Gasteiger partial charge in [0.25, 0.3) is 5.56 Å². The maximum absolute atomic E-state index is 12.4. The molecule has 1 saturated heterocycles. The predicted molar refractivity (Wildman–Crippen MR) is 130 cm³/mol. The number of amides is 1. The Bertz CT molecular complexity index is 1440. The van der Waals surface area contributed by atoms with Crippen molar-refractivity contribution in [2.24, 2.45) is 0 Å². The molecule has 40 heavy (non-hydrogen) atoms. The second-order valence-corrected chi connectivity index (χ2v) is 12.4. The minimum Gasteiger partial charge on any atom is -0.387 e. The van der Waals surface area contributed by atoms with Crippen LogP contribution in [0.25, 0.3) is 11.2 Å². The van der Waals surface area contributed by atoms with Crippen molar-refractivity contribution >= 4 is 46.5 Å². The highest BCUT2D eigenvalue weighted by Crippen LogP contribution is 2.66. The van der Waals surface area contributed by atoms with Gasteiger partial charge in [0, 0.05) is 13.1 Å². The van der Waals surface area contributed by atoms with Gasteiger partial charge >= 0.3 is 23.5 Å². The second kappa shape index (κ2) is 12.7. The summed E-state index contributed by atoms with van der Waals surface area (Å²) in [6, 6.07) is 0. The number of H-pyrrole nitrogens is 1. The van der Waals surface area contributed by atoms with Crippen LogP contribution in [0.5, 0.6) is 0 Å². The maximum Gasteiger partial charge on any atom is 0.490 e. The topological polar surface area (TPSA) is 314 Å². The number of nitrogens with zero attached hydrogens (tertiary/aromatic N) is 3. The maximum atomic E-state index is 12.4. The van der Waals surface area contributed by atoms with E-state index in [1.54, 1.807) is 0 Å². The van der Waals surface area contributed by atoms with Gasteiger partial charge in [0.05, 0.1) is 12.9 Å². The molecule has 2 aromatic rings. The summed E-state index contributed by atoms with van der Waals surface area (Å²) in [5.41, 5.74) is -0.912. The van der Waals surface area contributed by atoms with Gasteiger partial charge in [-0.3, -0.25) is 23.7 Å². The lowest BCUT2D eigenvalue weighted by molar-refractivity contribution is -0.116. The first-order chi connectivity index (χ1) is 18.5. The molecule has 2 aromatic heterocycles. The molecule has 9 N–H and O–H groups in total. The van der Waals surface area contributed by atoms with Crippen molar-refractivity contribution in [2.75, 3.05) is 25.0 Å². The minimum atomic E-state index is -5.77. The van der Waals surface area contributed by atoms with E-state index >= 15 is 0 Å². The molecule has 224 valence electrons. The van der Waals surface area contributed by atoms with E-state index in [4.69, 9.17) is 14.5 Å². The number of phosphoric ester groups is 1. The zero-order chi connectivity index (χ0) is 29.9. The van der Waals surface area contributed by atoms with Crippen LogP contribution in [0.4, 0.5) is 5.95 Å². The zero-order valence-electron chi connectivity index (χ0n) is 20.0. The molecule has 1 amide bonds. The molecule has 1 aliphatic rings. The smallest absolute Gasteiger partial charge is 0.387 e. The molecular formula is C16H25N6O15P3. The number of nitrogens with one attached hydrogen (secondary N) is 3. The third-order valence-corrected chi connectivity index (χ3v) is 8.79. The van der Waals surface area contributed by atoms with E-state index in [1.165, 1.54) is 0 Å². The summed E-state index contributed by atoms with van der Waals surface area (Å²) < 4.78 is 52.3. The van der Waals surface area contributed by atoms with Gasteiger partial charge < -0.3 is 45.2 Å². The Kier molecular flexibility index (Phi) is 10.2. The van der Waals surface area contributed by atoms with Crippen LogP contribution < -0.4 is 16.2 Å². The molecule has 1 fully saturated rings. The Morgan fingerprint density at radius 2 is 1.85 bits per heavy atom. The molecule has 6 unspecified atom stereocenters. The van der Waals surface area contributed by atoms with Crippen molar-refractivity contribution in [3.63, 3.8) is 0 Å². The Morgan fingerprint density at radius 3 is 2.50 bits per heavy atom. The number of anilines is 1. The van der Waals surface area contributed by atoms with Crippen LogP contribution in [0.3, 0.4) is 0 Å². The molecule has 3 heterocycles. The lowest BCUT2D eigenvalue weighted by atomic mass is 10.1. The van der Waals surface area contributed by atoms with Gasteiger partial charge in [-0.1, -0.05) is 6.58 Å². The highest BCUT2D eigenvalue weighted by atomic mass is 31.3. The number of aliphatic hydroxyl groups excluding tert-OH is 2. The minimum absolute atomic E-state index is 0.00606. The van der Waals surface area contributed by atoms with Crippen LogP contribution in [-0.2, 0) is 36.4 Å². The Morgan fingerprint density at radius 1 is 1.15 bits per heavy atom. The number of imidazole rings is 1. The van der Waals surface area contributed by atoms with Gasteiger partial charge in [-0.2, -0.15) is 13.6 Å². The Balaban J connectivity index is 1.68. The number of phosphoric acid groups is 3. The first-order valence-electron chi connectivity index (χ1n) is 10.9. The van der Waals surface area contributed by atoms with Crippen LogP contribution in [0.1, 0.15) is 12.6 Å². The van der Waals surface area contributed by atoms with Crippen LogP contribution in [0.15, 0.2) is 23.8 Å². The molecule has 6 atom stereocenters. The summed E-state index contributed by atoms with van der Waals surface area (Å²) in [5, 5.41) is 26.3. The van der Waals surface area contributed by atoms with E-state index in [9.17, 15) is 43.3 Å². The molecule has 0 spiro atoms. The Labute approximate surface area is 223 Å². The lowest BCUT2D eigenvalue weighted by Crippen LogP contribution is -2.33. The number of aromatic nitrogens is 4. The summed E-state index contributed by atoms with van der Waals surface area (Å²) in [5.74, 6) is -0.346. The fourth-order valence-corrected chi connectivity index (χ4v) is 6.37. The molecule has 21 nitrogen and oxygen atoms in total. The number of aromatic amines is 1. The number of carbonyl (C=O) groups excluding carboxylic acids is 1. The van der Waals surface area contributed by atoms with Crippen LogP contribution >= 0.6 is 23.5 Å². The van der Waals surface area contributed by atoms with E-state index in [2.05, 4.69) is 45.3 Å². The van der Waals surface area contributed by atoms with Crippen molar-refractivity contribution in [2.45, 2.75) is 31.0 Å². The van der Waals surface area contributed by atoms with Crippen molar-refractivity contribution < 1.29 is 66.2 Å². The molecule has 0 bridgehead atoms. The number of fused-ring (bicyclic) bond motifs is 1.